The van der Waals surface area contributed by atoms with Gasteiger partial charge in [0.15, 0.2) is 21.3 Å². The Morgan fingerprint density at radius 3 is 2.53 bits per heavy atom. The number of halogens is 1. The van der Waals surface area contributed by atoms with E-state index in [-0.39, 0.29) is 29.0 Å². The van der Waals surface area contributed by atoms with Gasteiger partial charge in [0.05, 0.1) is 29.9 Å². The molecule has 2 aliphatic heterocycles. The molecule has 160 valence electrons. The van der Waals surface area contributed by atoms with Crippen LogP contribution < -0.4 is 9.47 Å². The van der Waals surface area contributed by atoms with E-state index in [4.69, 9.17) is 21.1 Å². The molecule has 6 nitrogen and oxygen atoms in total. The van der Waals surface area contributed by atoms with Crippen molar-refractivity contribution in [2.75, 3.05) is 25.5 Å². The van der Waals surface area contributed by atoms with Crippen LogP contribution in [0, 0.1) is 0 Å². The number of hydrogen-bond acceptors (Lipinski definition) is 5. The minimum atomic E-state index is -3.54. The summed E-state index contributed by atoms with van der Waals surface area (Å²) >= 11 is 5.83. The number of carbonyl (C=O) groups is 1. The standard InChI is InChI=1S/C22H24ClNO5S/c23-17-5-7-18(8-6-17)30(26,27)14-10-22(25)24-11-1-3-19(24)16-4-9-20-21(15-16)29-13-2-12-28-20/h4-9,15,19H,1-3,10-14H2/t19-/m0/s1. The van der Waals surface area contributed by atoms with Gasteiger partial charge in [-0.25, -0.2) is 8.42 Å². The van der Waals surface area contributed by atoms with Gasteiger partial charge in [0.2, 0.25) is 5.91 Å². The van der Waals surface area contributed by atoms with Crippen molar-refractivity contribution < 1.29 is 22.7 Å². The maximum Gasteiger partial charge on any atom is 0.224 e. The molecule has 2 aliphatic rings. The summed E-state index contributed by atoms with van der Waals surface area (Å²) < 4.78 is 36.6. The smallest absolute Gasteiger partial charge is 0.224 e. The number of nitrogens with zero attached hydrogens (tertiary/aromatic N) is 1. The monoisotopic (exact) mass is 449 g/mol. The van der Waals surface area contributed by atoms with Gasteiger partial charge in [-0.1, -0.05) is 17.7 Å². The fraction of sp³-hybridized carbons (Fsp3) is 0.409. The first-order chi connectivity index (χ1) is 14.4. The molecule has 1 saturated heterocycles. The highest BCUT2D eigenvalue weighted by Gasteiger charge is 2.31. The summed E-state index contributed by atoms with van der Waals surface area (Å²) in [6, 6.07) is 11.7. The van der Waals surface area contributed by atoms with Crippen LogP contribution in [0.25, 0.3) is 0 Å². The lowest BCUT2D eigenvalue weighted by atomic mass is 10.0. The number of carbonyl (C=O) groups excluding carboxylic acids is 1. The van der Waals surface area contributed by atoms with Crippen LogP contribution in [-0.4, -0.2) is 44.7 Å². The number of benzene rings is 2. The third kappa shape index (κ3) is 4.57. The molecule has 0 radical (unpaired) electrons. The zero-order valence-electron chi connectivity index (χ0n) is 16.6. The predicted octanol–water partition coefficient (Wildman–Crippen LogP) is 4.03. The molecule has 1 fully saturated rings. The molecule has 2 aromatic carbocycles. The van der Waals surface area contributed by atoms with Gasteiger partial charge in [0.25, 0.3) is 0 Å². The third-order valence-corrected chi connectivity index (χ3v) is 7.47. The Morgan fingerprint density at radius 1 is 1.03 bits per heavy atom. The van der Waals surface area contributed by atoms with E-state index >= 15 is 0 Å². The van der Waals surface area contributed by atoms with E-state index in [2.05, 4.69) is 0 Å². The highest BCUT2D eigenvalue weighted by Crippen LogP contribution is 2.38. The molecule has 2 heterocycles. The Bertz CT molecular complexity index is 1020. The van der Waals surface area contributed by atoms with E-state index in [1.54, 1.807) is 4.90 Å². The maximum absolute atomic E-state index is 12.9. The first-order valence-electron chi connectivity index (χ1n) is 10.1. The molecule has 0 saturated carbocycles. The molecule has 0 aliphatic carbocycles. The zero-order valence-corrected chi connectivity index (χ0v) is 18.1. The van der Waals surface area contributed by atoms with Crippen LogP contribution >= 0.6 is 11.6 Å². The highest BCUT2D eigenvalue weighted by atomic mass is 35.5. The lowest BCUT2D eigenvalue weighted by Crippen LogP contribution is -2.31. The van der Waals surface area contributed by atoms with Crippen molar-refractivity contribution in [2.45, 2.75) is 36.6 Å². The third-order valence-electron chi connectivity index (χ3n) is 5.49. The molecular weight excluding hydrogens is 426 g/mol. The summed E-state index contributed by atoms with van der Waals surface area (Å²) in [5, 5.41) is 0.472. The largest absolute Gasteiger partial charge is 0.490 e. The van der Waals surface area contributed by atoms with Crippen LogP contribution in [0.1, 0.15) is 37.3 Å². The van der Waals surface area contributed by atoms with Crippen LogP contribution in [0.15, 0.2) is 47.4 Å². The molecule has 4 rings (SSSR count). The van der Waals surface area contributed by atoms with E-state index in [9.17, 15) is 13.2 Å². The average molecular weight is 450 g/mol. The number of hydrogen-bond donors (Lipinski definition) is 0. The average Bonchev–Trinajstić information content (AvgIpc) is 3.11. The summed E-state index contributed by atoms with van der Waals surface area (Å²) in [4.78, 5) is 14.9. The molecule has 1 atom stereocenters. The molecule has 1 amide bonds. The maximum atomic E-state index is 12.9. The molecule has 0 aromatic heterocycles. The summed E-state index contributed by atoms with van der Waals surface area (Å²) in [7, 11) is -3.54. The Kier molecular flexibility index (Phi) is 6.20. The molecular formula is C22H24ClNO5S. The number of likely N-dealkylation sites (tertiary alicyclic amines) is 1. The van der Waals surface area contributed by atoms with Crippen molar-refractivity contribution >= 4 is 27.3 Å². The number of sulfone groups is 1. The van der Waals surface area contributed by atoms with E-state index in [0.29, 0.717) is 30.5 Å². The molecule has 30 heavy (non-hydrogen) atoms. The Labute approximate surface area is 181 Å². The van der Waals surface area contributed by atoms with Gasteiger partial charge >= 0.3 is 0 Å². The van der Waals surface area contributed by atoms with Crippen molar-refractivity contribution in [3.05, 3.63) is 53.1 Å². The van der Waals surface area contributed by atoms with Gasteiger partial charge in [-0.15, -0.1) is 0 Å². The Balaban J connectivity index is 1.45. The Hall–Kier alpha value is -2.25. The number of rotatable bonds is 5. The van der Waals surface area contributed by atoms with Gasteiger partial charge < -0.3 is 14.4 Å². The summed E-state index contributed by atoms with van der Waals surface area (Å²) in [6.07, 6.45) is 2.51. The second kappa shape index (κ2) is 8.86. The SMILES string of the molecule is O=C(CCS(=O)(=O)c1ccc(Cl)cc1)N1CCC[C@H]1c1ccc2c(c1)OCCCO2. The lowest BCUT2D eigenvalue weighted by molar-refractivity contribution is -0.131. The second-order valence-electron chi connectivity index (χ2n) is 7.52. The molecule has 0 N–H and O–H groups in total. The Morgan fingerprint density at radius 2 is 1.77 bits per heavy atom. The lowest BCUT2D eigenvalue weighted by Gasteiger charge is -2.26. The normalized spacial score (nSPS) is 18.8. The summed E-state index contributed by atoms with van der Waals surface area (Å²) in [5.74, 6) is 1.05. The molecule has 0 unspecified atom stereocenters. The van der Waals surface area contributed by atoms with Gasteiger partial charge in [-0.3, -0.25) is 4.79 Å². The fourth-order valence-corrected chi connectivity index (χ4v) is 5.28. The van der Waals surface area contributed by atoms with E-state index in [1.165, 1.54) is 24.3 Å². The molecule has 0 bridgehead atoms. The fourth-order valence-electron chi connectivity index (χ4n) is 3.92. The van der Waals surface area contributed by atoms with E-state index in [1.807, 2.05) is 18.2 Å². The molecule has 0 spiro atoms. The first-order valence-corrected chi connectivity index (χ1v) is 12.1. The van der Waals surface area contributed by atoms with Crippen LogP contribution in [-0.2, 0) is 14.6 Å². The summed E-state index contributed by atoms with van der Waals surface area (Å²) in [6.45, 7) is 1.85. The van der Waals surface area contributed by atoms with Crippen LogP contribution in [0.3, 0.4) is 0 Å². The molecule has 2 aromatic rings. The van der Waals surface area contributed by atoms with Crippen molar-refractivity contribution in [1.29, 1.82) is 0 Å². The van der Waals surface area contributed by atoms with Gasteiger partial charge in [-0.2, -0.15) is 0 Å². The molecule has 8 heteroatoms. The minimum absolute atomic E-state index is 0.0496. The predicted molar refractivity (Wildman–Crippen MR) is 114 cm³/mol. The van der Waals surface area contributed by atoms with Crippen molar-refractivity contribution in [2.24, 2.45) is 0 Å². The van der Waals surface area contributed by atoms with Crippen LogP contribution in [0.5, 0.6) is 11.5 Å². The van der Waals surface area contributed by atoms with Gasteiger partial charge in [-0.05, 0) is 54.8 Å². The van der Waals surface area contributed by atoms with Gasteiger partial charge in [0, 0.05) is 24.4 Å². The zero-order chi connectivity index (χ0) is 21.1. The van der Waals surface area contributed by atoms with Crippen molar-refractivity contribution in [3.8, 4) is 11.5 Å². The van der Waals surface area contributed by atoms with Crippen molar-refractivity contribution in [3.63, 3.8) is 0 Å². The van der Waals surface area contributed by atoms with Crippen molar-refractivity contribution in [1.82, 2.24) is 4.90 Å². The van der Waals surface area contributed by atoms with E-state index in [0.717, 1.165) is 30.6 Å². The summed E-state index contributed by atoms with van der Waals surface area (Å²) in [5.41, 5.74) is 0.991. The van der Waals surface area contributed by atoms with Gasteiger partial charge in [0.1, 0.15) is 0 Å². The number of amides is 1. The van der Waals surface area contributed by atoms with Crippen LogP contribution in [0.4, 0.5) is 0 Å². The van der Waals surface area contributed by atoms with Crippen LogP contribution in [0.2, 0.25) is 5.02 Å². The topological polar surface area (TPSA) is 72.9 Å². The number of ether oxygens (including phenoxy) is 2. The highest BCUT2D eigenvalue weighted by molar-refractivity contribution is 7.91. The van der Waals surface area contributed by atoms with E-state index < -0.39 is 9.84 Å². The second-order valence-corrected chi connectivity index (χ2v) is 10.1. The number of fused-ring (bicyclic) bond motifs is 1. The first kappa shape index (κ1) is 21.0. The minimum Gasteiger partial charge on any atom is -0.490 e. The quantitative estimate of drug-likeness (QED) is 0.689.